The topological polar surface area (TPSA) is 74.9 Å². The number of aromatic nitrogens is 2. The van der Waals surface area contributed by atoms with Crippen molar-refractivity contribution in [2.45, 2.75) is 19.8 Å². The fourth-order valence-electron chi connectivity index (χ4n) is 2.69. The standard InChI is InChI=1S/C15H17N3O3/c1-15(14(20)21)5-7-18(10-15)13(19)8-11-9-17-6-3-2-4-12(17)16-11/h2-4,6,9H,5,7-8,10H2,1H3,(H,20,21). The Morgan fingerprint density at radius 3 is 2.90 bits per heavy atom. The number of carboxylic acid groups (broad SMARTS) is 1. The highest BCUT2D eigenvalue weighted by atomic mass is 16.4. The van der Waals surface area contributed by atoms with Crippen LogP contribution in [0.2, 0.25) is 0 Å². The highest BCUT2D eigenvalue weighted by molar-refractivity contribution is 5.81. The molecule has 1 amide bonds. The average molecular weight is 287 g/mol. The van der Waals surface area contributed by atoms with Gasteiger partial charge in [-0.05, 0) is 25.5 Å². The molecular weight excluding hydrogens is 270 g/mol. The average Bonchev–Trinajstić information content (AvgIpc) is 3.02. The van der Waals surface area contributed by atoms with Crippen molar-refractivity contribution in [3.8, 4) is 0 Å². The molecule has 1 atom stereocenters. The molecule has 0 saturated carbocycles. The van der Waals surface area contributed by atoms with Crippen molar-refractivity contribution in [1.82, 2.24) is 14.3 Å². The summed E-state index contributed by atoms with van der Waals surface area (Å²) in [6.07, 6.45) is 4.42. The van der Waals surface area contributed by atoms with Crippen molar-refractivity contribution < 1.29 is 14.7 Å². The van der Waals surface area contributed by atoms with E-state index in [0.29, 0.717) is 18.7 Å². The van der Waals surface area contributed by atoms with Gasteiger partial charge >= 0.3 is 5.97 Å². The van der Waals surface area contributed by atoms with Gasteiger partial charge in [0, 0.05) is 25.5 Å². The molecule has 3 rings (SSSR count). The molecule has 1 aliphatic rings. The number of fused-ring (bicyclic) bond motifs is 1. The number of nitrogens with zero attached hydrogens (tertiary/aromatic N) is 3. The van der Waals surface area contributed by atoms with Gasteiger partial charge in [0.15, 0.2) is 0 Å². The summed E-state index contributed by atoms with van der Waals surface area (Å²) in [5.41, 5.74) is 0.682. The minimum absolute atomic E-state index is 0.0663. The second-order valence-electron chi connectivity index (χ2n) is 5.81. The van der Waals surface area contributed by atoms with Crippen LogP contribution in [-0.2, 0) is 16.0 Å². The Balaban J connectivity index is 1.71. The predicted molar refractivity (Wildman–Crippen MR) is 75.8 cm³/mol. The number of imidazole rings is 1. The lowest BCUT2D eigenvalue weighted by Crippen LogP contribution is -2.35. The lowest BCUT2D eigenvalue weighted by Gasteiger charge is -2.19. The van der Waals surface area contributed by atoms with Crippen LogP contribution in [0.15, 0.2) is 30.6 Å². The van der Waals surface area contributed by atoms with Crippen molar-refractivity contribution in [2.24, 2.45) is 5.41 Å². The van der Waals surface area contributed by atoms with Crippen molar-refractivity contribution >= 4 is 17.5 Å². The van der Waals surface area contributed by atoms with Gasteiger partial charge in [-0.1, -0.05) is 6.07 Å². The number of aliphatic carboxylic acids is 1. The van der Waals surface area contributed by atoms with Crippen LogP contribution in [0.4, 0.5) is 0 Å². The Morgan fingerprint density at radius 2 is 2.24 bits per heavy atom. The number of hydrogen-bond acceptors (Lipinski definition) is 3. The summed E-state index contributed by atoms with van der Waals surface area (Å²) >= 11 is 0. The van der Waals surface area contributed by atoms with Crippen LogP contribution < -0.4 is 0 Å². The molecule has 0 spiro atoms. The molecule has 21 heavy (non-hydrogen) atoms. The molecule has 0 aromatic carbocycles. The molecule has 110 valence electrons. The van der Waals surface area contributed by atoms with Crippen molar-refractivity contribution in [2.75, 3.05) is 13.1 Å². The lowest BCUT2D eigenvalue weighted by molar-refractivity contribution is -0.147. The van der Waals surface area contributed by atoms with Crippen LogP contribution in [0.25, 0.3) is 5.65 Å². The number of carbonyl (C=O) groups excluding carboxylic acids is 1. The fourth-order valence-corrected chi connectivity index (χ4v) is 2.69. The van der Waals surface area contributed by atoms with Gasteiger partial charge in [-0.25, -0.2) is 4.98 Å². The Labute approximate surface area is 122 Å². The maximum absolute atomic E-state index is 12.3. The summed E-state index contributed by atoms with van der Waals surface area (Å²) in [6, 6.07) is 5.68. The molecule has 1 aliphatic heterocycles. The number of carboxylic acids is 1. The molecule has 0 radical (unpaired) electrons. The monoisotopic (exact) mass is 287 g/mol. The molecule has 3 heterocycles. The maximum Gasteiger partial charge on any atom is 0.311 e. The van der Waals surface area contributed by atoms with E-state index in [4.69, 9.17) is 0 Å². The Bertz CT molecular complexity index is 676. The lowest BCUT2D eigenvalue weighted by atomic mass is 9.90. The molecule has 1 unspecified atom stereocenters. The number of pyridine rings is 1. The van der Waals surface area contributed by atoms with Gasteiger partial charge in [-0.15, -0.1) is 0 Å². The maximum atomic E-state index is 12.3. The van der Waals surface area contributed by atoms with Crippen LogP contribution in [0, 0.1) is 5.41 Å². The van der Waals surface area contributed by atoms with Gasteiger partial charge in [-0.3, -0.25) is 9.59 Å². The minimum Gasteiger partial charge on any atom is -0.481 e. The zero-order valence-corrected chi connectivity index (χ0v) is 11.8. The van der Waals surface area contributed by atoms with E-state index in [1.54, 1.807) is 11.8 Å². The van der Waals surface area contributed by atoms with Crippen LogP contribution in [0.5, 0.6) is 0 Å². The number of carbonyl (C=O) groups is 2. The molecule has 0 aliphatic carbocycles. The Kier molecular flexibility index (Phi) is 3.16. The second-order valence-corrected chi connectivity index (χ2v) is 5.81. The number of amides is 1. The SMILES string of the molecule is CC1(C(=O)O)CCN(C(=O)Cc2cn3ccccc3n2)C1. The third kappa shape index (κ3) is 2.49. The normalized spacial score (nSPS) is 21.9. The van der Waals surface area contributed by atoms with Crippen LogP contribution in [0.1, 0.15) is 19.0 Å². The first kappa shape index (κ1) is 13.6. The van der Waals surface area contributed by atoms with E-state index in [-0.39, 0.29) is 18.9 Å². The summed E-state index contributed by atoms with van der Waals surface area (Å²) in [5.74, 6) is -0.908. The van der Waals surface area contributed by atoms with Crippen molar-refractivity contribution in [3.63, 3.8) is 0 Å². The van der Waals surface area contributed by atoms with E-state index < -0.39 is 11.4 Å². The zero-order valence-electron chi connectivity index (χ0n) is 11.8. The first-order valence-corrected chi connectivity index (χ1v) is 6.92. The number of hydrogen-bond donors (Lipinski definition) is 1. The van der Waals surface area contributed by atoms with Crippen LogP contribution in [-0.4, -0.2) is 44.4 Å². The summed E-state index contributed by atoms with van der Waals surface area (Å²) < 4.78 is 1.87. The van der Waals surface area contributed by atoms with Crippen LogP contribution in [0.3, 0.4) is 0 Å². The Morgan fingerprint density at radius 1 is 1.43 bits per heavy atom. The minimum atomic E-state index is -0.842. The van der Waals surface area contributed by atoms with E-state index in [0.717, 1.165) is 5.65 Å². The van der Waals surface area contributed by atoms with Gasteiger partial charge in [0.1, 0.15) is 5.65 Å². The van der Waals surface area contributed by atoms with Gasteiger partial charge in [0.2, 0.25) is 5.91 Å². The highest BCUT2D eigenvalue weighted by Gasteiger charge is 2.42. The molecule has 6 heteroatoms. The predicted octanol–water partition coefficient (Wildman–Crippen LogP) is 1.20. The summed E-state index contributed by atoms with van der Waals surface area (Å²) in [6.45, 7) is 2.46. The molecule has 1 N–H and O–H groups in total. The molecule has 1 fully saturated rings. The van der Waals surface area contributed by atoms with E-state index in [1.807, 2.05) is 35.0 Å². The van der Waals surface area contributed by atoms with E-state index in [2.05, 4.69) is 4.98 Å². The fraction of sp³-hybridized carbons (Fsp3) is 0.400. The number of rotatable bonds is 3. The van der Waals surface area contributed by atoms with E-state index in [9.17, 15) is 14.7 Å². The molecule has 0 bridgehead atoms. The van der Waals surface area contributed by atoms with Crippen molar-refractivity contribution in [1.29, 1.82) is 0 Å². The van der Waals surface area contributed by atoms with Crippen LogP contribution >= 0.6 is 0 Å². The third-order valence-corrected chi connectivity index (χ3v) is 4.09. The second kappa shape index (κ2) is 4.87. The first-order chi connectivity index (χ1) is 9.98. The van der Waals surface area contributed by atoms with Gasteiger partial charge in [0.05, 0.1) is 17.5 Å². The smallest absolute Gasteiger partial charge is 0.311 e. The van der Waals surface area contributed by atoms with Gasteiger partial charge in [-0.2, -0.15) is 0 Å². The first-order valence-electron chi connectivity index (χ1n) is 6.92. The van der Waals surface area contributed by atoms with E-state index >= 15 is 0 Å². The summed E-state index contributed by atoms with van der Waals surface area (Å²) in [5, 5.41) is 9.20. The highest BCUT2D eigenvalue weighted by Crippen LogP contribution is 2.30. The molecular formula is C15H17N3O3. The molecule has 2 aromatic heterocycles. The molecule has 6 nitrogen and oxygen atoms in total. The summed E-state index contributed by atoms with van der Waals surface area (Å²) in [4.78, 5) is 29.5. The molecule has 1 saturated heterocycles. The number of likely N-dealkylation sites (tertiary alicyclic amines) is 1. The van der Waals surface area contributed by atoms with Crippen molar-refractivity contribution in [3.05, 3.63) is 36.3 Å². The molecule has 2 aromatic rings. The third-order valence-electron chi connectivity index (χ3n) is 4.09. The zero-order chi connectivity index (χ0) is 15.0. The summed E-state index contributed by atoms with van der Waals surface area (Å²) in [7, 11) is 0. The van der Waals surface area contributed by atoms with Gasteiger partial charge in [0.25, 0.3) is 0 Å². The largest absolute Gasteiger partial charge is 0.481 e. The van der Waals surface area contributed by atoms with Gasteiger partial charge < -0.3 is 14.4 Å². The Hall–Kier alpha value is -2.37. The quantitative estimate of drug-likeness (QED) is 0.920. The van der Waals surface area contributed by atoms with E-state index in [1.165, 1.54) is 0 Å².